The van der Waals surface area contributed by atoms with Crippen molar-refractivity contribution in [1.82, 2.24) is 4.98 Å². The van der Waals surface area contributed by atoms with E-state index in [1.807, 2.05) is 57.2 Å². The lowest BCUT2D eigenvalue weighted by Gasteiger charge is -2.57. The van der Waals surface area contributed by atoms with Crippen molar-refractivity contribution in [2.45, 2.75) is 45.3 Å². The second kappa shape index (κ2) is 7.17. The first kappa shape index (κ1) is 18.5. The van der Waals surface area contributed by atoms with E-state index in [1.165, 1.54) is 11.1 Å². The van der Waals surface area contributed by atoms with Crippen LogP contribution < -0.4 is 11.1 Å². The van der Waals surface area contributed by atoms with Gasteiger partial charge in [0.05, 0.1) is 6.10 Å². The number of carbonyl (C=O) groups is 1. The standard InChI is InChI=1S/C21H27N3O2/c1-4-26-18-14-21(22,20(18,2)3)19(25)24-17-7-5-15(6-8-17)13-16-9-11-23-12-10-16/h5-12,18H,4,13-14,22H2,1-3H3,(H,24,25). The van der Waals surface area contributed by atoms with Crippen LogP contribution in [-0.2, 0) is 16.0 Å². The number of aromatic nitrogens is 1. The summed E-state index contributed by atoms with van der Waals surface area (Å²) in [6.45, 7) is 6.58. The molecule has 0 aliphatic heterocycles. The number of hydrogen-bond donors (Lipinski definition) is 2. The van der Waals surface area contributed by atoms with Crippen LogP contribution in [-0.4, -0.2) is 29.1 Å². The Labute approximate surface area is 155 Å². The number of nitrogens with two attached hydrogens (primary N) is 1. The van der Waals surface area contributed by atoms with Crippen molar-refractivity contribution in [3.05, 3.63) is 59.9 Å². The van der Waals surface area contributed by atoms with Gasteiger partial charge in [-0.2, -0.15) is 0 Å². The summed E-state index contributed by atoms with van der Waals surface area (Å²) in [6, 6.07) is 11.9. The summed E-state index contributed by atoms with van der Waals surface area (Å²) < 4.78 is 5.70. The Hall–Kier alpha value is -2.24. The van der Waals surface area contributed by atoms with Crippen molar-refractivity contribution in [3.8, 4) is 0 Å². The molecule has 26 heavy (non-hydrogen) atoms. The molecule has 0 saturated heterocycles. The van der Waals surface area contributed by atoms with Crippen molar-refractivity contribution in [1.29, 1.82) is 0 Å². The fourth-order valence-electron chi connectivity index (χ4n) is 3.51. The predicted molar refractivity (Wildman–Crippen MR) is 103 cm³/mol. The van der Waals surface area contributed by atoms with Crippen LogP contribution in [0.4, 0.5) is 5.69 Å². The van der Waals surface area contributed by atoms with E-state index in [0.717, 1.165) is 12.1 Å². The molecule has 138 valence electrons. The number of ether oxygens (including phenoxy) is 1. The highest BCUT2D eigenvalue weighted by Gasteiger charge is 2.62. The highest BCUT2D eigenvalue weighted by Crippen LogP contribution is 2.50. The Morgan fingerprint density at radius 2 is 1.81 bits per heavy atom. The fourth-order valence-corrected chi connectivity index (χ4v) is 3.51. The number of pyridine rings is 1. The monoisotopic (exact) mass is 353 g/mol. The molecular formula is C21H27N3O2. The van der Waals surface area contributed by atoms with Gasteiger partial charge < -0.3 is 15.8 Å². The second-order valence-corrected chi connectivity index (χ2v) is 7.52. The second-order valence-electron chi connectivity index (χ2n) is 7.52. The van der Waals surface area contributed by atoms with E-state index >= 15 is 0 Å². The van der Waals surface area contributed by atoms with Gasteiger partial charge in [-0.1, -0.05) is 26.0 Å². The van der Waals surface area contributed by atoms with Crippen LogP contribution in [0.5, 0.6) is 0 Å². The first-order valence-corrected chi connectivity index (χ1v) is 9.06. The molecule has 1 aliphatic carbocycles. The minimum absolute atomic E-state index is 0.0194. The normalized spacial score (nSPS) is 23.9. The third-order valence-electron chi connectivity index (χ3n) is 5.60. The zero-order valence-electron chi connectivity index (χ0n) is 15.7. The Morgan fingerprint density at radius 1 is 1.19 bits per heavy atom. The van der Waals surface area contributed by atoms with Crippen LogP contribution in [0, 0.1) is 5.41 Å². The lowest BCUT2D eigenvalue weighted by atomic mass is 9.54. The Morgan fingerprint density at radius 3 is 2.38 bits per heavy atom. The maximum Gasteiger partial charge on any atom is 0.245 e. The summed E-state index contributed by atoms with van der Waals surface area (Å²) in [5, 5.41) is 2.96. The number of carbonyl (C=O) groups excluding carboxylic acids is 1. The summed E-state index contributed by atoms with van der Waals surface area (Å²) in [4.78, 5) is 16.8. The number of hydrogen-bond acceptors (Lipinski definition) is 4. The molecule has 5 nitrogen and oxygen atoms in total. The zero-order valence-corrected chi connectivity index (χ0v) is 15.7. The molecular weight excluding hydrogens is 326 g/mol. The van der Waals surface area contributed by atoms with Gasteiger partial charge in [0.2, 0.25) is 5.91 Å². The first-order valence-electron chi connectivity index (χ1n) is 9.06. The van der Waals surface area contributed by atoms with Gasteiger partial charge in [0, 0.05) is 36.5 Å². The maximum atomic E-state index is 12.8. The largest absolute Gasteiger partial charge is 0.378 e. The first-order chi connectivity index (χ1) is 12.4. The van der Waals surface area contributed by atoms with Crippen molar-refractivity contribution >= 4 is 11.6 Å². The Balaban J connectivity index is 1.63. The van der Waals surface area contributed by atoms with E-state index < -0.39 is 11.0 Å². The number of rotatable bonds is 6. The number of nitrogens with one attached hydrogen (secondary N) is 1. The quantitative estimate of drug-likeness (QED) is 0.836. The Kier molecular flexibility index (Phi) is 5.12. The van der Waals surface area contributed by atoms with Crippen LogP contribution in [0.15, 0.2) is 48.8 Å². The van der Waals surface area contributed by atoms with Crippen LogP contribution in [0.1, 0.15) is 38.3 Å². The van der Waals surface area contributed by atoms with E-state index in [2.05, 4.69) is 10.3 Å². The van der Waals surface area contributed by atoms with Gasteiger partial charge in [-0.15, -0.1) is 0 Å². The van der Waals surface area contributed by atoms with Gasteiger partial charge in [-0.3, -0.25) is 9.78 Å². The minimum atomic E-state index is -0.914. The molecule has 2 unspecified atom stereocenters. The molecule has 1 amide bonds. The molecule has 1 heterocycles. The van der Waals surface area contributed by atoms with Crippen molar-refractivity contribution in [2.24, 2.45) is 11.1 Å². The molecule has 1 aromatic heterocycles. The van der Waals surface area contributed by atoms with Gasteiger partial charge in [0.1, 0.15) is 5.54 Å². The van der Waals surface area contributed by atoms with Crippen molar-refractivity contribution in [3.63, 3.8) is 0 Å². The van der Waals surface area contributed by atoms with E-state index in [1.54, 1.807) is 12.4 Å². The van der Waals surface area contributed by atoms with Crippen LogP contribution >= 0.6 is 0 Å². The summed E-state index contributed by atoms with van der Waals surface area (Å²) in [7, 11) is 0. The number of anilines is 1. The molecule has 3 rings (SSSR count). The molecule has 1 fully saturated rings. The van der Waals surface area contributed by atoms with Gasteiger partial charge in [-0.05, 0) is 48.7 Å². The predicted octanol–water partition coefficient (Wildman–Crippen LogP) is 3.14. The SMILES string of the molecule is CCOC1CC(N)(C(=O)Nc2ccc(Cc3ccncc3)cc2)C1(C)C. The van der Waals surface area contributed by atoms with Gasteiger partial charge >= 0.3 is 0 Å². The molecule has 1 aromatic carbocycles. The molecule has 2 aromatic rings. The molecule has 1 aliphatic rings. The van der Waals surface area contributed by atoms with Gasteiger partial charge in [0.25, 0.3) is 0 Å². The van der Waals surface area contributed by atoms with Gasteiger partial charge in [-0.25, -0.2) is 0 Å². The third kappa shape index (κ3) is 3.37. The molecule has 1 saturated carbocycles. The average molecular weight is 353 g/mol. The highest BCUT2D eigenvalue weighted by atomic mass is 16.5. The highest BCUT2D eigenvalue weighted by molar-refractivity contribution is 5.99. The molecule has 2 atom stereocenters. The summed E-state index contributed by atoms with van der Waals surface area (Å²) >= 11 is 0. The molecule has 3 N–H and O–H groups in total. The van der Waals surface area contributed by atoms with Crippen LogP contribution in [0.3, 0.4) is 0 Å². The van der Waals surface area contributed by atoms with E-state index in [4.69, 9.17) is 10.5 Å². The molecule has 0 bridgehead atoms. The summed E-state index contributed by atoms with van der Waals surface area (Å²) in [6.07, 6.45) is 4.98. The molecule has 0 spiro atoms. The number of benzene rings is 1. The topological polar surface area (TPSA) is 77.2 Å². The van der Waals surface area contributed by atoms with Gasteiger partial charge in [0.15, 0.2) is 0 Å². The lowest BCUT2D eigenvalue weighted by molar-refractivity contribution is -0.166. The fraction of sp³-hybridized carbons (Fsp3) is 0.429. The molecule has 0 radical (unpaired) electrons. The average Bonchev–Trinajstić information content (AvgIpc) is 2.64. The minimum Gasteiger partial charge on any atom is -0.378 e. The van der Waals surface area contributed by atoms with Crippen LogP contribution in [0.25, 0.3) is 0 Å². The van der Waals surface area contributed by atoms with E-state index in [9.17, 15) is 4.79 Å². The smallest absolute Gasteiger partial charge is 0.245 e. The lowest BCUT2D eigenvalue weighted by Crippen LogP contribution is -2.74. The molecule has 5 heteroatoms. The summed E-state index contributed by atoms with van der Waals surface area (Å²) in [5.74, 6) is -0.152. The summed E-state index contributed by atoms with van der Waals surface area (Å²) in [5.41, 5.74) is 8.26. The van der Waals surface area contributed by atoms with E-state index in [0.29, 0.717) is 13.0 Å². The number of amides is 1. The zero-order chi connectivity index (χ0) is 18.8. The maximum absolute atomic E-state index is 12.8. The van der Waals surface area contributed by atoms with Crippen molar-refractivity contribution in [2.75, 3.05) is 11.9 Å². The third-order valence-corrected chi connectivity index (χ3v) is 5.60. The van der Waals surface area contributed by atoms with Crippen molar-refractivity contribution < 1.29 is 9.53 Å². The van der Waals surface area contributed by atoms with Crippen LogP contribution in [0.2, 0.25) is 0 Å². The number of nitrogens with zero attached hydrogens (tertiary/aromatic N) is 1. The van der Waals surface area contributed by atoms with E-state index in [-0.39, 0.29) is 12.0 Å². The Bertz CT molecular complexity index is 759.